The van der Waals surface area contributed by atoms with Crippen molar-refractivity contribution in [1.82, 2.24) is 20.1 Å². The van der Waals surface area contributed by atoms with E-state index in [-0.39, 0.29) is 24.3 Å². The van der Waals surface area contributed by atoms with Crippen LogP contribution in [-0.2, 0) is 33.8 Å². The van der Waals surface area contributed by atoms with Gasteiger partial charge in [0.2, 0.25) is 11.8 Å². The van der Waals surface area contributed by atoms with Crippen LogP contribution in [0, 0.1) is 0 Å². The lowest BCUT2D eigenvalue weighted by Crippen LogP contribution is -2.52. The molecule has 1 unspecified atom stereocenters. The maximum absolute atomic E-state index is 13.0. The number of fused-ring (bicyclic) bond motifs is 2. The number of rotatable bonds is 9. The molecule has 3 amide bonds. The van der Waals surface area contributed by atoms with Gasteiger partial charge in [-0.15, -0.1) is 0 Å². The highest BCUT2D eigenvalue weighted by Gasteiger charge is 2.39. The Kier molecular flexibility index (Phi) is 7.49. The van der Waals surface area contributed by atoms with E-state index in [2.05, 4.69) is 40.5 Å². The largest absolute Gasteiger partial charge is 0.489 e. The van der Waals surface area contributed by atoms with Gasteiger partial charge in [-0.2, -0.15) is 0 Å². The van der Waals surface area contributed by atoms with Crippen LogP contribution < -0.4 is 10.1 Å². The van der Waals surface area contributed by atoms with E-state index >= 15 is 0 Å². The molecule has 0 radical (unpaired) electrons. The first kappa shape index (κ1) is 26.4. The molecule has 2 fully saturated rings. The smallest absolute Gasteiger partial charge is 0.255 e. The number of ether oxygens (including phenoxy) is 2. The molecular weight excluding hydrogens is 508 g/mol. The van der Waals surface area contributed by atoms with Crippen LogP contribution >= 0.6 is 0 Å². The number of hydrogen-bond donors (Lipinski definition) is 1. The van der Waals surface area contributed by atoms with Crippen LogP contribution in [0.2, 0.25) is 0 Å². The molecule has 6 rings (SSSR count). The summed E-state index contributed by atoms with van der Waals surface area (Å²) >= 11 is 0. The molecule has 2 saturated heterocycles. The summed E-state index contributed by atoms with van der Waals surface area (Å²) in [4.78, 5) is 45.5. The molecule has 2 aromatic carbocycles. The zero-order valence-electron chi connectivity index (χ0n) is 22.7. The van der Waals surface area contributed by atoms with Crippen molar-refractivity contribution in [3.05, 3.63) is 70.9 Å². The van der Waals surface area contributed by atoms with E-state index in [9.17, 15) is 14.4 Å². The molecule has 4 heterocycles. The number of piperidine rings is 1. The molecule has 1 N–H and O–H groups in total. The van der Waals surface area contributed by atoms with Crippen LogP contribution in [0.4, 0.5) is 0 Å². The second-order valence-electron chi connectivity index (χ2n) is 10.9. The van der Waals surface area contributed by atoms with E-state index in [4.69, 9.17) is 14.5 Å². The van der Waals surface area contributed by atoms with Crippen molar-refractivity contribution in [1.29, 1.82) is 0 Å². The highest BCUT2D eigenvalue weighted by Crippen LogP contribution is 2.31. The second-order valence-corrected chi connectivity index (χ2v) is 10.9. The molecule has 9 nitrogen and oxygen atoms in total. The minimum Gasteiger partial charge on any atom is -0.489 e. The molecule has 208 valence electrons. The number of amides is 3. The Morgan fingerprint density at radius 1 is 1.05 bits per heavy atom. The summed E-state index contributed by atoms with van der Waals surface area (Å²) in [7, 11) is 1.72. The van der Waals surface area contributed by atoms with Crippen molar-refractivity contribution in [2.24, 2.45) is 0 Å². The number of pyridine rings is 1. The third-order valence-corrected chi connectivity index (χ3v) is 8.03. The number of aryl methyl sites for hydroxylation is 1. The molecule has 3 aromatic rings. The summed E-state index contributed by atoms with van der Waals surface area (Å²) in [5.41, 5.74) is 4.82. The monoisotopic (exact) mass is 542 g/mol. The number of aromatic nitrogens is 1. The van der Waals surface area contributed by atoms with Crippen molar-refractivity contribution in [2.45, 2.75) is 57.3 Å². The van der Waals surface area contributed by atoms with Crippen molar-refractivity contribution >= 4 is 28.6 Å². The number of likely N-dealkylation sites (tertiary alicyclic amines) is 1. The average Bonchev–Trinajstić information content (AvgIpc) is 3.52. The van der Waals surface area contributed by atoms with Crippen molar-refractivity contribution in [3.8, 4) is 5.75 Å². The summed E-state index contributed by atoms with van der Waals surface area (Å²) in [5, 5.41) is 3.50. The van der Waals surface area contributed by atoms with Gasteiger partial charge in [0.05, 0.1) is 5.52 Å². The first-order valence-corrected chi connectivity index (χ1v) is 14.0. The maximum Gasteiger partial charge on any atom is 0.255 e. The number of imide groups is 1. The van der Waals surface area contributed by atoms with Crippen LogP contribution in [0.1, 0.15) is 52.9 Å². The van der Waals surface area contributed by atoms with Crippen molar-refractivity contribution < 1.29 is 23.9 Å². The number of methoxy groups -OCH3 is 1. The molecule has 2 atom stereocenters. The predicted molar refractivity (Wildman–Crippen MR) is 149 cm³/mol. The van der Waals surface area contributed by atoms with E-state index in [1.807, 2.05) is 12.1 Å². The van der Waals surface area contributed by atoms with Crippen LogP contribution in [-0.4, -0.2) is 71.5 Å². The number of carbonyl (C=O) groups excluding carboxylic acids is 3. The van der Waals surface area contributed by atoms with Crippen LogP contribution in [0.15, 0.2) is 48.5 Å². The Hall–Kier alpha value is -3.82. The summed E-state index contributed by atoms with van der Waals surface area (Å²) in [5.74, 6) is -0.116. The van der Waals surface area contributed by atoms with Crippen LogP contribution in [0.5, 0.6) is 5.75 Å². The van der Waals surface area contributed by atoms with Gasteiger partial charge in [-0.1, -0.05) is 12.1 Å². The molecule has 9 heteroatoms. The van der Waals surface area contributed by atoms with Crippen LogP contribution in [0.3, 0.4) is 0 Å². The lowest BCUT2D eigenvalue weighted by Gasteiger charge is -2.29. The first-order valence-electron chi connectivity index (χ1n) is 14.0. The average molecular weight is 543 g/mol. The lowest BCUT2D eigenvalue weighted by atomic mass is 10.0. The molecular formula is C31H34N4O5. The standard InChI is InChI=1S/C31H34N4O5/c1-39-14-2-3-23-6-5-21-15-20(4-9-27(21)32-23)17-34-13-12-25(19-34)40-24-7-8-26-22(16-24)18-35(31(26)38)28-10-11-29(36)33-30(28)37/h4-9,15-16,25,28H,2-3,10-14,17-19H2,1H3,(H,33,36,37)/t25-,28?/m0/s1. The molecule has 0 bridgehead atoms. The zero-order chi connectivity index (χ0) is 27.6. The third kappa shape index (κ3) is 5.57. The predicted octanol–water partition coefficient (Wildman–Crippen LogP) is 3.23. The van der Waals surface area contributed by atoms with E-state index in [0.29, 0.717) is 18.5 Å². The minimum absolute atomic E-state index is 0.0678. The molecule has 40 heavy (non-hydrogen) atoms. The van der Waals surface area contributed by atoms with Gasteiger partial charge in [0.1, 0.15) is 17.9 Å². The van der Waals surface area contributed by atoms with Gasteiger partial charge < -0.3 is 14.4 Å². The number of benzene rings is 2. The fourth-order valence-electron chi connectivity index (χ4n) is 5.96. The maximum atomic E-state index is 13.0. The zero-order valence-corrected chi connectivity index (χ0v) is 22.7. The van der Waals surface area contributed by atoms with Gasteiger partial charge in [0.25, 0.3) is 5.91 Å². The summed E-state index contributed by atoms with van der Waals surface area (Å²) < 4.78 is 11.5. The first-order chi connectivity index (χ1) is 19.5. The van der Waals surface area contributed by atoms with Gasteiger partial charge in [0, 0.05) is 63.0 Å². The Labute approximate surface area is 233 Å². The SMILES string of the molecule is COCCCc1ccc2cc(CN3CC[C@H](Oc4ccc5c(c4)CN(C4CCC(=O)NC4=O)C5=O)C3)ccc2n1. The van der Waals surface area contributed by atoms with E-state index < -0.39 is 11.9 Å². The Morgan fingerprint density at radius 3 is 2.80 bits per heavy atom. The van der Waals surface area contributed by atoms with Crippen molar-refractivity contribution in [3.63, 3.8) is 0 Å². The van der Waals surface area contributed by atoms with Gasteiger partial charge in [-0.05, 0) is 73.2 Å². The van der Waals surface area contributed by atoms with E-state index in [1.54, 1.807) is 18.1 Å². The van der Waals surface area contributed by atoms with Crippen LogP contribution in [0.25, 0.3) is 10.9 Å². The normalized spacial score (nSPS) is 21.2. The Morgan fingerprint density at radius 2 is 1.95 bits per heavy atom. The summed E-state index contributed by atoms with van der Waals surface area (Å²) in [6.07, 6.45) is 3.48. The molecule has 0 aliphatic carbocycles. The van der Waals surface area contributed by atoms with E-state index in [0.717, 1.165) is 73.4 Å². The quantitative estimate of drug-likeness (QED) is 0.327. The number of nitrogens with one attached hydrogen (secondary N) is 1. The fraction of sp³-hybridized carbons (Fsp3) is 0.419. The van der Waals surface area contributed by atoms with Gasteiger partial charge in [-0.25, -0.2) is 0 Å². The fourth-order valence-corrected chi connectivity index (χ4v) is 5.96. The molecule has 3 aliphatic rings. The minimum atomic E-state index is -0.612. The molecule has 1 aromatic heterocycles. The highest BCUT2D eigenvalue weighted by atomic mass is 16.5. The van der Waals surface area contributed by atoms with Crippen molar-refractivity contribution in [2.75, 3.05) is 26.8 Å². The molecule has 0 saturated carbocycles. The highest BCUT2D eigenvalue weighted by molar-refractivity contribution is 6.05. The number of hydrogen-bond acceptors (Lipinski definition) is 7. The molecule has 3 aliphatic heterocycles. The van der Waals surface area contributed by atoms with E-state index in [1.165, 1.54) is 5.56 Å². The lowest BCUT2D eigenvalue weighted by molar-refractivity contribution is -0.136. The van der Waals surface area contributed by atoms with Gasteiger partial charge >= 0.3 is 0 Å². The summed E-state index contributed by atoms with van der Waals surface area (Å²) in [6, 6.07) is 15.7. The second kappa shape index (κ2) is 11.3. The number of carbonyl (C=O) groups is 3. The summed E-state index contributed by atoms with van der Waals surface area (Å²) in [6.45, 7) is 3.72. The van der Waals surface area contributed by atoms with Gasteiger partial charge in [0.15, 0.2) is 0 Å². The Balaban J connectivity index is 1.04. The third-order valence-electron chi connectivity index (χ3n) is 8.03. The molecule has 0 spiro atoms. The number of nitrogens with zero attached hydrogens (tertiary/aromatic N) is 3. The topological polar surface area (TPSA) is 101 Å². The van der Waals surface area contributed by atoms with Gasteiger partial charge in [-0.3, -0.25) is 29.6 Å². The Bertz CT molecular complexity index is 1460.